The van der Waals surface area contributed by atoms with Gasteiger partial charge in [-0.25, -0.2) is 15.0 Å². The van der Waals surface area contributed by atoms with E-state index in [9.17, 15) is 0 Å². The maximum atomic E-state index is 6.07. The van der Waals surface area contributed by atoms with Crippen LogP contribution in [-0.4, -0.2) is 64.8 Å². The number of nitrogens with two attached hydrogens (primary N) is 1. The zero-order valence-electron chi connectivity index (χ0n) is 17.8. The summed E-state index contributed by atoms with van der Waals surface area (Å²) in [6.45, 7) is 9.83. The highest BCUT2D eigenvalue weighted by Gasteiger charge is 2.45. The summed E-state index contributed by atoms with van der Waals surface area (Å²) in [6, 6.07) is 4.00. The first-order valence-electron chi connectivity index (χ1n) is 10.8. The molecule has 1 spiro atoms. The zero-order chi connectivity index (χ0) is 20.7. The Morgan fingerprint density at radius 3 is 2.87 bits per heavy atom. The van der Waals surface area contributed by atoms with Gasteiger partial charge in [0.25, 0.3) is 0 Å². The van der Waals surface area contributed by atoms with Crippen LogP contribution in [0.5, 0.6) is 0 Å². The number of fused-ring (bicyclic) bond motifs is 2. The number of aromatic nitrogens is 3. The molecule has 2 aromatic rings. The monoisotopic (exact) mass is 410 g/mol. The molecule has 0 aliphatic carbocycles. The molecule has 0 radical (unpaired) electrons. The van der Waals surface area contributed by atoms with E-state index in [0.29, 0.717) is 19.0 Å². The van der Waals surface area contributed by atoms with Crippen molar-refractivity contribution in [3.05, 3.63) is 41.3 Å². The van der Waals surface area contributed by atoms with E-state index >= 15 is 0 Å². The predicted molar refractivity (Wildman–Crippen MR) is 114 cm³/mol. The highest BCUT2D eigenvalue weighted by atomic mass is 16.5. The molecule has 8 nitrogen and oxygen atoms in total. The lowest BCUT2D eigenvalue weighted by Crippen LogP contribution is -2.47. The zero-order valence-corrected chi connectivity index (χ0v) is 17.8. The number of hydrogen-bond acceptors (Lipinski definition) is 8. The van der Waals surface area contributed by atoms with Crippen LogP contribution in [0.15, 0.2) is 24.5 Å². The van der Waals surface area contributed by atoms with Crippen molar-refractivity contribution in [2.45, 2.75) is 51.0 Å². The molecule has 3 aliphatic rings. The third-order valence-electron chi connectivity index (χ3n) is 6.45. The van der Waals surface area contributed by atoms with E-state index in [1.807, 2.05) is 12.3 Å². The average Bonchev–Trinajstić information content (AvgIpc) is 3.12. The molecule has 160 valence electrons. The molecule has 0 aromatic carbocycles. The van der Waals surface area contributed by atoms with Gasteiger partial charge in [-0.05, 0) is 32.9 Å². The third-order valence-corrected chi connectivity index (χ3v) is 6.45. The minimum Gasteiger partial charge on any atom is -0.383 e. The van der Waals surface area contributed by atoms with E-state index in [0.717, 1.165) is 61.9 Å². The Hall–Kier alpha value is -2.29. The fourth-order valence-corrected chi connectivity index (χ4v) is 5.11. The summed E-state index contributed by atoms with van der Waals surface area (Å²) in [6.07, 6.45) is 5.08. The number of hydrogen-bond donors (Lipinski definition) is 1. The molecule has 2 N–H and O–H groups in total. The van der Waals surface area contributed by atoms with Crippen molar-refractivity contribution < 1.29 is 9.47 Å². The van der Waals surface area contributed by atoms with E-state index in [1.54, 1.807) is 6.20 Å². The molecular formula is C22H30N6O2. The topological polar surface area (TPSA) is 89.6 Å². The normalized spacial score (nSPS) is 29.3. The molecule has 8 heteroatoms. The van der Waals surface area contributed by atoms with Gasteiger partial charge in [0.1, 0.15) is 5.82 Å². The molecular weight excluding hydrogens is 380 g/mol. The van der Waals surface area contributed by atoms with E-state index in [4.69, 9.17) is 20.2 Å². The van der Waals surface area contributed by atoms with Crippen LogP contribution in [0.3, 0.4) is 0 Å². The summed E-state index contributed by atoms with van der Waals surface area (Å²) in [5.74, 6) is 1.42. The van der Waals surface area contributed by atoms with Gasteiger partial charge in [-0.1, -0.05) is 6.07 Å². The van der Waals surface area contributed by atoms with Crippen LogP contribution in [0, 0.1) is 0 Å². The van der Waals surface area contributed by atoms with Gasteiger partial charge in [-0.2, -0.15) is 0 Å². The fourth-order valence-electron chi connectivity index (χ4n) is 5.11. The summed E-state index contributed by atoms with van der Waals surface area (Å²) in [7, 11) is 0. The van der Waals surface area contributed by atoms with Gasteiger partial charge >= 0.3 is 0 Å². The first kappa shape index (κ1) is 19.7. The molecule has 30 heavy (non-hydrogen) atoms. The molecule has 0 unspecified atom stereocenters. The largest absolute Gasteiger partial charge is 0.383 e. The van der Waals surface area contributed by atoms with Gasteiger partial charge in [0, 0.05) is 49.7 Å². The Morgan fingerprint density at radius 1 is 1.23 bits per heavy atom. The Balaban J connectivity index is 1.40. The molecule has 5 rings (SSSR count). The van der Waals surface area contributed by atoms with Crippen LogP contribution >= 0.6 is 0 Å². The van der Waals surface area contributed by atoms with Crippen LogP contribution in [0.1, 0.15) is 37.1 Å². The van der Waals surface area contributed by atoms with Gasteiger partial charge < -0.3 is 20.1 Å². The maximum Gasteiger partial charge on any atom is 0.225 e. The van der Waals surface area contributed by atoms with Crippen molar-refractivity contribution >= 4 is 11.8 Å². The molecule has 0 saturated carbocycles. The summed E-state index contributed by atoms with van der Waals surface area (Å²) in [5, 5.41) is 0. The van der Waals surface area contributed by atoms with Crippen LogP contribution in [0.25, 0.3) is 0 Å². The lowest BCUT2D eigenvalue weighted by atomic mass is 9.80. The van der Waals surface area contributed by atoms with Crippen molar-refractivity contribution in [3.8, 4) is 0 Å². The SMILES string of the molecule is C[C@@H]1CN(c2ncc3c(n2)[C@]2(CCN(Cc4cccnc4N)C2)COC3)C[C@H](C)O1. The molecule has 2 aromatic heterocycles. The van der Waals surface area contributed by atoms with Gasteiger partial charge in [0.2, 0.25) is 5.95 Å². The maximum absolute atomic E-state index is 6.07. The number of likely N-dealkylation sites (tertiary alicyclic amines) is 1. The van der Waals surface area contributed by atoms with Crippen LogP contribution < -0.4 is 10.6 Å². The number of rotatable bonds is 3. The lowest BCUT2D eigenvalue weighted by Gasteiger charge is -2.38. The number of pyridine rings is 1. The quantitative estimate of drug-likeness (QED) is 0.819. The van der Waals surface area contributed by atoms with Crippen molar-refractivity contribution in [3.63, 3.8) is 0 Å². The summed E-state index contributed by atoms with van der Waals surface area (Å²) in [5.41, 5.74) is 9.33. The van der Waals surface area contributed by atoms with Crippen molar-refractivity contribution in [2.24, 2.45) is 0 Å². The fraction of sp³-hybridized carbons (Fsp3) is 0.591. The highest BCUT2D eigenvalue weighted by Crippen LogP contribution is 2.40. The molecule has 5 heterocycles. The number of morpholine rings is 1. The van der Waals surface area contributed by atoms with Crippen molar-refractivity contribution in [1.29, 1.82) is 0 Å². The van der Waals surface area contributed by atoms with E-state index in [2.05, 4.69) is 39.7 Å². The number of anilines is 2. The number of nitrogen functional groups attached to an aromatic ring is 1. The van der Waals surface area contributed by atoms with Gasteiger partial charge in [-0.3, -0.25) is 4.90 Å². The summed E-state index contributed by atoms with van der Waals surface area (Å²) < 4.78 is 11.9. The smallest absolute Gasteiger partial charge is 0.225 e. The second kappa shape index (κ2) is 7.76. The minimum atomic E-state index is -0.0915. The standard InChI is InChI=1S/C22H30N6O2/c1-15-9-28(10-16(2)30-15)21-25-8-18-12-29-14-22(19(18)26-21)5-7-27(13-22)11-17-4-3-6-24-20(17)23/h3-4,6,8,15-16H,5,7,9-14H2,1-2H3,(H2,23,24)/t15-,16+,22-/m0/s1. The molecule has 2 fully saturated rings. The van der Waals surface area contributed by atoms with Crippen LogP contribution in [0.4, 0.5) is 11.8 Å². The minimum absolute atomic E-state index is 0.0915. The van der Waals surface area contributed by atoms with Crippen LogP contribution in [0.2, 0.25) is 0 Å². The van der Waals surface area contributed by atoms with E-state index < -0.39 is 0 Å². The lowest BCUT2D eigenvalue weighted by molar-refractivity contribution is -0.00584. The van der Waals surface area contributed by atoms with Crippen molar-refractivity contribution in [2.75, 3.05) is 43.4 Å². The second-order valence-corrected chi connectivity index (χ2v) is 8.99. The van der Waals surface area contributed by atoms with Gasteiger partial charge in [0.15, 0.2) is 0 Å². The first-order valence-corrected chi connectivity index (χ1v) is 10.8. The molecule has 0 amide bonds. The molecule has 0 bridgehead atoms. The Labute approximate surface area is 177 Å². The summed E-state index contributed by atoms with van der Waals surface area (Å²) in [4.78, 5) is 18.7. The number of nitrogens with zero attached hydrogens (tertiary/aromatic N) is 5. The van der Waals surface area contributed by atoms with Gasteiger partial charge in [0.05, 0.1) is 36.5 Å². The molecule has 3 atom stereocenters. The first-order chi connectivity index (χ1) is 14.5. The van der Waals surface area contributed by atoms with E-state index in [-0.39, 0.29) is 17.6 Å². The predicted octanol–water partition coefficient (Wildman–Crippen LogP) is 1.74. The molecule has 3 aliphatic heterocycles. The Bertz CT molecular complexity index is 914. The van der Waals surface area contributed by atoms with Crippen LogP contribution in [-0.2, 0) is 28.0 Å². The second-order valence-electron chi connectivity index (χ2n) is 8.99. The average molecular weight is 411 g/mol. The third kappa shape index (κ3) is 3.64. The van der Waals surface area contributed by atoms with Crippen molar-refractivity contribution in [1.82, 2.24) is 19.9 Å². The van der Waals surface area contributed by atoms with Gasteiger partial charge in [-0.15, -0.1) is 0 Å². The summed E-state index contributed by atoms with van der Waals surface area (Å²) >= 11 is 0. The number of ether oxygens (including phenoxy) is 2. The van der Waals surface area contributed by atoms with E-state index in [1.165, 1.54) is 0 Å². The molecule has 2 saturated heterocycles. The highest BCUT2D eigenvalue weighted by molar-refractivity contribution is 5.40. The Kier molecular flexibility index (Phi) is 5.08. The Morgan fingerprint density at radius 2 is 2.07 bits per heavy atom.